The molecule has 0 bridgehead atoms. The average molecular weight is 430 g/mol. The van der Waals surface area contributed by atoms with Gasteiger partial charge in [0.2, 0.25) is 10.0 Å². The zero-order valence-corrected chi connectivity index (χ0v) is 19.0. The summed E-state index contributed by atoms with van der Waals surface area (Å²) in [6, 6.07) is 11.1. The van der Waals surface area contributed by atoms with Crippen molar-refractivity contribution in [2.75, 3.05) is 25.0 Å². The van der Waals surface area contributed by atoms with Gasteiger partial charge in [-0.3, -0.25) is 0 Å². The highest BCUT2D eigenvalue weighted by Gasteiger charge is 2.32. The summed E-state index contributed by atoms with van der Waals surface area (Å²) in [5.41, 5.74) is 4.49. The lowest BCUT2D eigenvalue weighted by atomic mass is 10.00. The second-order valence-corrected chi connectivity index (χ2v) is 10.2. The second kappa shape index (κ2) is 9.18. The molecule has 2 amide bonds. The van der Waals surface area contributed by atoms with E-state index in [1.165, 1.54) is 0 Å². The molecule has 1 aliphatic rings. The number of carbonyl (C=O) groups excluding carboxylic acids is 1. The summed E-state index contributed by atoms with van der Waals surface area (Å²) in [5.74, 6) is 0.0864. The van der Waals surface area contributed by atoms with Crippen molar-refractivity contribution < 1.29 is 13.2 Å². The number of nitrogens with one attached hydrogen (secondary N) is 2. The number of piperidine rings is 1. The van der Waals surface area contributed by atoms with Gasteiger partial charge in [-0.25, -0.2) is 13.2 Å². The van der Waals surface area contributed by atoms with Crippen molar-refractivity contribution >= 4 is 21.7 Å². The van der Waals surface area contributed by atoms with Crippen molar-refractivity contribution in [2.45, 2.75) is 45.4 Å². The highest BCUT2D eigenvalue weighted by atomic mass is 32.2. The van der Waals surface area contributed by atoms with Gasteiger partial charge in [0.05, 0.1) is 4.90 Å². The number of amides is 2. The molecule has 0 radical (unpaired) electrons. The molecule has 3 rings (SSSR count). The van der Waals surface area contributed by atoms with Gasteiger partial charge in [-0.15, -0.1) is 0 Å². The molecule has 1 heterocycles. The lowest BCUT2D eigenvalue weighted by Crippen LogP contribution is -2.44. The molecule has 0 saturated carbocycles. The molecule has 1 saturated heterocycles. The lowest BCUT2D eigenvalue weighted by molar-refractivity contribution is 0.238. The first-order valence-corrected chi connectivity index (χ1v) is 11.8. The van der Waals surface area contributed by atoms with E-state index in [9.17, 15) is 13.2 Å². The smallest absolute Gasteiger partial charge is 0.319 e. The third-order valence-corrected chi connectivity index (χ3v) is 7.72. The Hall–Kier alpha value is -2.38. The third kappa shape index (κ3) is 5.21. The van der Waals surface area contributed by atoms with E-state index in [-0.39, 0.29) is 11.9 Å². The topological polar surface area (TPSA) is 78.5 Å². The van der Waals surface area contributed by atoms with Crippen molar-refractivity contribution in [3.05, 3.63) is 58.7 Å². The van der Waals surface area contributed by atoms with Gasteiger partial charge in [0, 0.05) is 25.3 Å². The quantitative estimate of drug-likeness (QED) is 0.750. The van der Waals surface area contributed by atoms with Crippen LogP contribution in [0.15, 0.2) is 41.3 Å². The standard InChI is InChI=1S/C23H31N3O3S/c1-16-7-9-21(10-8-16)25-23(27)24-14-20-6-5-11-26(15-20)30(28,29)22-18(3)12-17(2)13-19(22)4/h7-10,12-13,20H,5-6,11,14-15H2,1-4H3,(H2,24,25,27)/t20-/m0/s1. The van der Waals surface area contributed by atoms with Gasteiger partial charge < -0.3 is 10.6 Å². The fraction of sp³-hybridized carbons (Fsp3) is 0.435. The van der Waals surface area contributed by atoms with Crippen LogP contribution in [0.25, 0.3) is 0 Å². The molecule has 2 N–H and O–H groups in total. The molecule has 1 aliphatic heterocycles. The van der Waals surface area contributed by atoms with Crippen LogP contribution in [0.4, 0.5) is 10.5 Å². The highest BCUT2D eigenvalue weighted by molar-refractivity contribution is 7.89. The van der Waals surface area contributed by atoms with Gasteiger partial charge in [-0.2, -0.15) is 4.31 Å². The Balaban J connectivity index is 1.62. The largest absolute Gasteiger partial charge is 0.338 e. The number of hydrogen-bond donors (Lipinski definition) is 2. The molecule has 7 heteroatoms. The van der Waals surface area contributed by atoms with Crippen LogP contribution in [-0.2, 0) is 10.0 Å². The monoisotopic (exact) mass is 429 g/mol. The van der Waals surface area contributed by atoms with E-state index in [4.69, 9.17) is 0 Å². The van der Waals surface area contributed by atoms with Crippen molar-refractivity contribution in [2.24, 2.45) is 5.92 Å². The van der Waals surface area contributed by atoms with Gasteiger partial charge in [-0.1, -0.05) is 35.4 Å². The number of hydrogen-bond acceptors (Lipinski definition) is 3. The fourth-order valence-corrected chi connectivity index (χ4v) is 6.13. The van der Waals surface area contributed by atoms with E-state index >= 15 is 0 Å². The van der Waals surface area contributed by atoms with E-state index in [0.717, 1.165) is 40.8 Å². The summed E-state index contributed by atoms with van der Waals surface area (Å²) in [4.78, 5) is 12.6. The molecule has 162 valence electrons. The molecule has 6 nitrogen and oxygen atoms in total. The fourth-order valence-electron chi connectivity index (χ4n) is 4.16. The van der Waals surface area contributed by atoms with Crippen LogP contribution in [0, 0.1) is 33.6 Å². The van der Waals surface area contributed by atoms with E-state index in [0.29, 0.717) is 24.5 Å². The summed E-state index contributed by atoms with van der Waals surface area (Å²) >= 11 is 0. The van der Waals surface area contributed by atoms with E-state index in [1.807, 2.05) is 64.1 Å². The van der Waals surface area contributed by atoms with Crippen LogP contribution >= 0.6 is 0 Å². The molecular formula is C23H31N3O3S. The zero-order valence-electron chi connectivity index (χ0n) is 18.2. The molecule has 1 atom stereocenters. The van der Waals surface area contributed by atoms with E-state index in [1.54, 1.807) is 4.31 Å². The molecule has 2 aromatic carbocycles. The van der Waals surface area contributed by atoms with Gasteiger partial charge in [0.25, 0.3) is 0 Å². The molecule has 30 heavy (non-hydrogen) atoms. The Morgan fingerprint density at radius 1 is 1.03 bits per heavy atom. The lowest BCUT2D eigenvalue weighted by Gasteiger charge is -2.32. The summed E-state index contributed by atoms with van der Waals surface area (Å²) in [6.45, 7) is 9.04. The van der Waals surface area contributed by atoms with E-state index in [2.05, 4.69) is 10.6 Å². The van der Waals surface area contributed by atoms with Crippen LogP contribution in [-0.4, -0.2) is 38.4 Å². The van der Waals surface area contributed by atoms with Crippen LogP contribution < -0.4 is 10.6 Å². The number of benzene rings is 2. The van der Waals surface area contributed by atoms with Gasteiger partial charge in [-0.05, 0) is 69.7 Å². The third-order valence-electron chi connectivity index (χ3n) is 5.54. The number of rotatable bonds is 5. The Morgan fingerprint density at radius 3 is 2.30 bits per heavy atom. The predicted octanol–water partition coefficient (Wildman–Crippen LogP) is 4.14. The predicted molar refractivity (Wildman–Crippen MR) is 120 cm³/mol. The Morgan fingerprint density at radius 2 is 1.67 bits per heavy atom. The number of anilines is 1. The zero-order chi connectivity index (χ0) is 21.9. The average Bonchev–Trinajstić information content (AvgIpc) is 2.67. The van der Waals surface area contributed by atoms with Gasteiger partial charge in [0.15, 0.2) is 0 Å². The SMILES string of the molecule is Cc1ccc(NC(=O)NC[C@@H]2CCCN(S(=O)(=O)c3c(C)cc(C)cc3C)C2)cc1. The molecule has 2 aromatic rings. The first-order valence-electron chi connectivity index (χ1n) is 10.4. The molecule has 0 unspecified atom stereocenters. The highest BCUT2D eigenvalue weighted by Crippen LogP contribution is 2.28. The summed E-state index contributed by atoms with van der Waals surface area (Å²) in [5, 5.41) is 5.70. The minimum absolute atomic E-state index is 0.0864. The summed E-state index contributed by atoms with van der Waals surface area (Å²) in [6.07, 6.45) is 1.68. The Labute approximate surface area is 179 Å². The normalized spacial score (nSPS) is 17.5. The van der Waals surface area contributed by atoms with Gasteiger partial charge in [0.1, 0.15) is 0 Å². The first kappa shape index (κ1) is 22.3. The molecule has 0 spiro atoms. The van der Waals surface area contributed by atoms with Crippen molar-refractivity contribution in [3.8, 4) is 0 Å². The maximum Gasteiger partial charge on any atom is 0.319 e. The molecular weight excluding hydrogens is 398 g/mol. The van der Waals surface area contributed by atoms with Crippen LogP contribution in [0.5, 0.6) is 0 Å². The number of aryl methyl sites for hydroxylation is 4. The Bertz CT molecular complexity index is 993. The van der Waals surface area contributed by atoms with Crippen molar-refractivity contribution in [1.29, 1.82) is 0 Å². The van der Waals surface area contributed by atoms with Gasteiger partial charge >= 0.3 is 6.03 Å². The second-order valence-electron chi connectivity index (χ2n) is 8.30. The molecule has 1 fully saturated rings. The minimum atomic E-state index is -3.56. The maximum atomic E-state index is 13.3. The van der Waals surface area contributed by atoms with Crippen molar-refractivity contribution in [1.82, 2.24) is 9.62 Å². The number of nitrogens with zero attached hydrogens (tertiary/aromatic N) is 1. The maximum absolute atomic E-state index is 13.3. The molecule has 0 aliphatic carbocycles. The summed E-state index contributed by atoms with van der Waals surface area (Å²) < 4.78 is 28.2. The summed E-state index contributed by atoms with van der Waals surface area (Å²) in [7, 11) is -3.56. The van der Waals surface area contributed by atoms with E-state index < -0.39 is 10.0 Å². The van der Waals surface area contributed by atoms with Crippen molar-refractivity contribution in [3.63, 3.8) is 0 Å². The molecule has 0 aromatic heterocycles. The van der Waals surface area contributed by atoms with Crippen LogP contribution in [0.3, 0.4) is 0 Å². The Kier molecular flexibility index (Phi) is 6.83. The number of carbonyl (C=O) groups is 1. The van der Waals surface area contributed by atoms with Crippen LogP contribution in [0.2, 0.25) is 0 Å². The van der Waals surface area contributed by atoms with Crippen LogP contribution in [0.1, 0.15) is 35.1 Å². The minimum Gasteiger partial charge on any atom is -0.338 e. The number of sulfonamides is 1. The number of urea groups is 1. The first-order chi connectivity index (χ1) is 14.2.